The molecule has 0 saturated heterocycles. The molecule has 0 amide bonds. The zero-order chi connectivity index (χ0) is 13.0. The van der Waals surface area contributed by atoms with E-state index in [0.29, 0.717) is 10.0 Å². The number of benzene rings is 1. The molecule has 18 heavy (non-hydrogen) atoms. The predicted molar refractivity (Wildman–Crippen MR) is 78.1 cm³/mol. The van der Waals surface area contributed by atoms with Crippen LogP contribution in [0.25, 0.3) is 0 Å². The molecule has 1 aromatic carbocycles. The van der Waals surface area contributed by atoms with Crippen LogP contribution in [0.3, 0.4) is 0 Å². The molecule has 1 heterocycles. The molecule has 0 saturated carbocycles. The fraction of sp³-hybridized carbons (Fsp3) is 0.167. The molecule has 0 aliphatic rings. The maximum atomic E-state index is 5.92. The van der Waals surface area contributed by atoms with Crippen LogP contribution >= 0.6 is 23.8 Å². The van der Waals surface area contributed by atoms with E-state index in [4.69, 9.17) is 29.6 Å². The summed E-state index contributed by atoms with van der Waals surface area (Å²) < 4.78 is 1.85. The zero-order valence-electron chi connectivity index (χ0n) is 9.64. The van der Waals surface area contributed by atoms with Crippen LogP contribution in [0.5, 0.6) is 0 Å². The van der Waals surface area contributed by atoms with E-state index in [1.165, 1.54) is 0 Å². The molecular weight excluding hydrogens is 268 g/mol. The predicted octanol–water partition coefficient (Wildman–Crippen LogP) is 2.28. The van der Waals surface area contributed by atoms with E-state index in [9.17, 15) is 0 Å². The number of hydrogen-bond donors (Lipinski definition) is 2. The third-order valence-electron chi connectivity index (χ3n) is 2.46. The molecule has 0 bridgehead atoms. The first-order valence-corrected chi connectivity index (χ1v) is 6.26. The molecule has 0 unspecified atom stereocenters. The van der Waals surface area contributed by atoms with Crippen LogP contribution in [0.4, 0.5) is 5.69 Å². The number of nitrogens with zero attached hydrogens (tertiary/aromatic N) is 2. The lowest BCUT2D eigenvalue weighted by atomic mass is 10.2. The number of halogens is 1. The maximum absolute atomic E-state index is 5.92. The van der Waals surface area contributed by atoms with Gasteiger partial charge in [-0.15, -0.1) is 0 Å². The third kappa shape index (κ3) is 3.21. The monoisotopic (exact) mass is 280 g/mol. The quantitative estimate of drug-likeness (QED) is 0.825. The number of nitrogens with one attached hydrogen (secondary N) is 1. The van der Waals surface area contributed by atoms with Gasteiger partial charge in [0.15, 0.2) is 0 Å². The van der Waals surface area contributed by atoms with Crippen LogP contribution in [0.15, 0.2) is 36.7 Å². The first-order valence-electron chi connectivity index (χ1n) is 5.47. The van der Waals surface area contributed by atoms with Crippen LogP contribution in [0, 0.1) is 0 Å². The Morgan fingerprint density at radius 3 is 3.00 bits per heavy atom. The molecule has 0 aliphatic carbocycles. The minimum Gasteiger partial charge on any atom is -0.389 e. The molecule has 0 spiro atoms. The second-order valence-electron chi connectivity index (χ2n) is 3.75. The average molecular weight is 281 g/mol. The van der Waals surface area contributed by atoms with Crippen molar-refractivity contribution in [1.82, 2.24) is 9.78 Å². The van der Waals surface area contributed by atoms with E-state index >= 15 is 0 Å². The topological polar surface area (TPSA) is 55.9 Å². The van der Waals surface area contributed by atoms with E-state index in [1.807, 2.05) is 23.0 Å². The van der Waals surface area contributed by atoms with Gasteiger partial charge >= 0.3 is 0 Å². The van der Waals surface area contributed by atoms with Crippen LogP contribution in [0.1, 0.15) is 5.56 Å². The van der Waals surface area contributed by atoms with Gasteiger partial charge in [0.1, 0.15) is 4.99 Å². The lowest BCUT2D eigenvalue weighted by molar-refractivity contribution is 0.638. The van der Waals surface area contributed by atoms with Crippen molar-refractivity contribution in [2.75, 3.05) is 11.9 Å². The van der Waals surface area contributed by atoms with Gasteiger partial charge in [0, 0.05) is 35.2 Å². The summed E-state index contributed by atoms with van der Waals surface area (Å²) in [5.41, 5.74) is 7.32. The molecule has 4 nitrogen and oxygen atoms in total. The Hall–Kier alpha value is -1.59. The molecule has 0 radical (unpaired) electrons. The van der Waals surface area contributed by atoms with Gasteiger partial charge in [-0.2, -0.15) is 5.10 Å². The number of hydrogen-bond acceptors (Lipinski definition) is 3. The average Bonchev–Trinajstić information content (AvgIpc) is 2.84. The summed E-state index contributed by atoms with van der Waals surface area (Å²) in [5.74, 6) is 0. The third-order valence-corrected chi connectivity index (χ3v) is 2.92. The highest BCUT2D eigenvalue weighted by Crippen LogP contribution is 2.20. The number of rotatable bonds is 5. The standard InChI is InChI=1S/C12H13ClN4S/c13-9-2-3-11(10(8-9)12(14)18)15-5-7-17-6-1-4-16-17/h1-4,6,8,15H,5,7H2,(H2,14,18). The van der Waals surface area contributed by atoms with Crippen molar-refractivity contribution >= 4 is 34.5 Å². The van der Waals surface area contributed by atoms with Crippen molar-refractivity contribution < 1.29 is 0 Å². The summed E-state index contributed by atoms with van der Waals surface area (Å²) in [4.78, 5) is 0.332. The van der Waals surface area contributed by atoms with E-state index in [2.05, 4.69) is 10.4 Å². The summed E-state index contributed by atoms with van der Waals surface area (Å²) in [6, 6.07) is 7.34. The highest BCUT2D eigenvalue weighted by Gasteiger charge is 2.05. The van der Waals surface area contributed by atoms with Crippen LogP contribution in [-0.4, -0.2) is 21.3 Å². The van der Waals surface area contributed by atoms with Gasteiger partial charge in [0.25, 0.3) is 0 Å². The van der Waals surface area contributed by atoms with Crippen molar-refractivity contribution in [1.29, 1.82) is 0 Å². The van der Waals surface area contributed by atoms with Gasteiger partial charge in [0.05, 0.1) is 6.54 Å². The van der Waals surface area contributed by atoms with E-state index < -0.39 is 0 Å². The molecule has 0 atom stereocenters. The van der Waals surface area contributed by atoms with Gasteiger partial charge in [-0.25, -0.2) is 0 Å². The number of nitrogens with two attached hydrogens (primary N) is 1. The minimum absolute atomic E-state index is 0.332. The summed E-state index contributed by atoms with van der Waals surface area (Å²) in [6.45, 7) is 1.51. The number of thiocarbonyl (C=S) groups is 1. The number of aromatic nitrogens is 2. The van der Waals surface area contributed by atoms with Crippen molar-refractivity contribution in [2.24, 2.45) is 5.73 Å². The second-order valence-corrected chi connectivity index (χ2v) is 4.63. The Bertz CT molecular complexity index is 539. The van der Waals surface area contributed by atoms with Crippen molar-refractivity contribution in [2.45, 2.75) is 6.54 Å². The first-order chi connectivity index (χ1) is 8.66. The zero-order valence-corrected chi connectivity index (χ0v) is 11.2. The van der Waals surface area contributed by atoms with E-state index in [-0.39, 0.29) is 0 Å². The molecule has 3 N–H and O–H groups in total. The Morgan fingerprint density at radius 1 is 1.50 bits per heavy atom. The van der Waals surface area contributed by atoms with Crippen molar-refractivity contribution in [3.63, 3.8) is 0 Å². The number of anilines is 1. The highest BCUT2D eigenvalue weighted by molar-refractivity contribution is 7.80. The van der Waals surface area contributed by atoms with Crippen LogP contribution in [0.2, 0.25) is 5.02 Å². The lowest BCUT2D eigenvalue weighted by Gasteiger charge is -2.11. The van der Waals surface area contributed by atoms with Crippen LogP contribution < -0.4 is 11.1 Å². The van der Waals surface area contributed by atoms with Gasteiger partial charge in [-0.1, -0.05) is 23.8 Å². The second kappa shape index (κ2) is 5.84. The van der Waals surface area contributed by atoms with Crippen molar-refractivity contribution in [3.8, 4) is 0 Å². The summed E-state index contributed by atoms with van der Waals surface area (Å²) >= 11 is 10.9. The minimum atomic E-state index is 0.332. The van der Waals surface area contributed by atoms with E-state index in [1.54, 1.807) is 18.3 Å². The largest absolute Gasteiger partial charge is 0.389 e. The molecule has 2 aromatic rings. The normalized spacial score (nSPS) is 10.3. The Morgan fingerprint density at radius 2 is 2.33 bits per heavy atom. The Labute approximate surface area is 116 Å². The van der Waals surface area contributed by atoms with Gasteiger partial charge in [0.2, 0.25) is 0 Å². The fourth-order valence-corrected chi connectivity index (χ4v) is 1.95. The smallest absolute Gasteiger partial charge is 0.106 e. The fourth-order valence-electron chi connectivity index (χ4n) is 1.61. The van der Waals surface area contributed by atoms with E-state index in [0.717, 1.165) is 24.3 Å². The molecule has 0 aliphatic heterocycles. The van der Waals surface area contributed by atoms with Crippen LogP contribution in [-0.2, 0) is 6.54 Å². The Kier molecular flexibility index (Phi) is 4.17. The molecule has 6 heteroatoms. The summed E-state index contributed by atoms with van der Waals surface area (Å²) in [5, 5.41) is 8.02. The molecule has 1 aromatic heterocycles. The Balaban J connectivity index is 2.02. The summed E-state index contributed by atoms with van der Waals surface area (Å²) in [6.07, 6.45) is 3.67. The summed E-state index contributed by atoms with van der Waals surface area (Å²) in [7, 11) is 0. The molecular formula is C12H13ClN4S. The highest BCUT2D eigenvalue weighted by atomic mass is 35.5. The molecule has 2 rings (SSSR count). The first kappa shape index (κ1) is 12.9. The van der Waals surface area contributed by atoms with Gasteiger partial charge in [-0.3, -0.25) is 4.68 Å². The van der Waals surface area contributed by atoms with Gasteiger partial charge in [-0.05, 0) is 24.3 Å². The SMILES string of the molecule is NC(=S)c1cc(Cl)ccc1NCCn1cccn1. The molecule has 94 valence electrons. The molecule has 0 fully saturated rings. The van der Waals surface area contributed by atoms with Crippen molar-refractivity contribution in [3.05, 3.63) is 47.2 Å². The maximum Gasteiger partial charge on any atom is 0.106 e. The lowest BCUT2D eigenvalue weighted by Crippen LogP contribution is -2.16. The van der Waals surface area contributed by atoms with Gasteiger partial charge < -0.3 is 11.1 Å².